The summed E-state index contributed by atoms with van der Waals surface area (Å²) in [7, 11) is -3.84. The highest BCUT2D eigenvalue weighted by atomic mass is 32.2. The molecule has 1 fully saturated rings. The quantitative estimate of drug-likeness (QED) is 0.569. The molecule has 33 heavy (non-hydrogen) atoms. The molecule has 0 atom stereocenters. The molecule has 0 aliphatic carbocycles. The molecule has 7 nitrogen and oxygen atoms in total. The Morgan fingerprint density at radius 3 is 2.06 bits per heavy atom. The van der Waals surface area contributed by atoms with Gasteiger partial charge >= 0.3 is 5.97 Å². The van der Waals surface area contributed by atoms with Gasteiger partial charge in [-0.05, 0) is 67.4 Å². The van der Waals surface area contributed by atoms with Crippen LogP contribution in [0.3, 0.4) is 0 Å². The Labute approximate surface area is 194 Å². The van der Waals surface area contributed by atoms with Crippen LogP contribution in [0.5, 0.6) is 0 Å². The Kier molecular flexibility index (Phi) is 6.29. The van der Waals surface area contributed by atoms with Gasteiger partial charge in [0.05, 0.1) is 16.1 Å². The summed E-state index contributed by atoms with van der Waals surface area (Å²) in [5.74, 6) is -1.09. The first kappa shape index (κ1) is 22.7. The molecular weight excluding hydrogens is 438 g/mol. The second kappa shape index (κ2) is 9.15. The summed E-state index contributed by atoms with van der Waals surface area (Å²) in [6.07, 6.45) is 0. The van der Waals surface area contributed by atoms with Crippen molar-refractivity contribution < 1.29 is 18.3 Å². The summed E-state index contributed by atoms with van der Waals surface area (Å²) >= 11 is 0. The Balaban J connectivity index is 1.54. The van der Waals surface area contributed by atoms with Gasteiger partial charge in [-0.15, -0.1) is 0 Å². The third kappa shape index (κ3) is 5.12. The van der Waals surface area contributed by atoms with Gasteiger partial charge in [-0.2, -0.15) is 0 Å². The number of piperazine rings is 1. The number of anilines is 3. The fraction of sp³-hybridized carbons (Fsp3) is 0.240. The molecule has 0 saturated carbocycles. The summed E-state index contributed by atoms with van der Waals surface area (Å²) in [6.45, 7) is 6.54. The first-order chi connectivity index (χ1) is 15.7. The highest BCUT2D eigenvalue weighted by Crippen LogP contribution is 2.28. The van der Waals surface area contributed by atoms with Crippen molar-refractivity contribution in [3.8, 4) is 0 Å². The zero-order valence-corrected chi connectivity index (χ0v) is 19.5. The summed E-state index contributed by atoms with van der Waals surface area (Å²) in [6, 6.07) is 19.9. The SMILES string of the molecule is Cc1cc(C)cc(S(=O)(=O)Nc2ccc(N3CCN(c4ccccc4)CC3)c(C(=O)O)c2)c1. The molecule has 1 aliphatic rings. The minimum atomic E-state index is -3.84. The van der Waals surface area contributed by atoms with E-state index in [2.05, 4.69) is 21.8 Å². The summed E-state index contributed by atoms with van der Waals surface area (Å²) in [5, 5.41) is 9.82. The van der Waals surface area contributed by atoms with Gasteiger partial charge in [-0.25, -0.2) is 13.2 Å². The van der Waals surface area contributed by atoms with Crippen LogP contribution < -0.4 is 14.5 Å². The average molecular weight is 466 g/mol. The lowest BCUT2D eigenvalue weighted by Gasteiger charge is -2.38. The topological polar surface area (TPSA) is 90.0 Å². The lowest BCUT2D eigenvalue weighted by Crippen LogP contribution is -2.47. The first-order valence-corrected chi connectivity index (χ1v) is 12.2. The van der Waals surface area contributed by atoms with Gasteiger partial charge in [-0.3, -0.25) is 4.72 Å². The van der Waals surface area contributed by atoms with E-state index in [-0.39, 0.29) is 16.1 Å². The van der Waals surface area contributed by atoms with Crippen LogP contribution in [-0.4, -0.2) is 45.7 Å². The predicted octanol–water partition coefficient (Wildman–Crippen LogP) is 4.13. The van der Waals surface area contributed by atoms with E-state index in [1.165, 1.54) is 6.07 Å². The standard InChI is InChI=1S/C25H27N3O4S/c1-18-14-19(2)16-22(15-18)33(31,32)26-20-8-9-24(23(17-20)25(29)30)28-12-10-27(11-13-28)21-6-4-3-5-7-21/h3-9,14-17,26H,10-13H2,1-2H3,(H,29,30). The fourth-order valence-corrected chi connectivity index (χ4v) is 5.43. The second-order valence-corrected chi connectivity index (χ2v) is 9.96. The van der Waals surface area contributed by atoms with Gasteiger partial charge in [0.1, 0.15) is 0 Å². The number of hydrogen-bond donors (Lipinski definition) is 2. The summed E-state index contributed by atoms with van der Waals surface area (Å²) in [5.41, 5.74) is 3.71. The zero-order valence-electron chi connectivity index (χ0n) is 18.7. The minimum absolute atomic E-state index is 0.0729. The van der Waals surface area contributed by atoms with Crippen molar-refractivity contribution >= 4 is 33.1 Å². The summed E-state index contributed by atoms with van der Waals surface area (Å²) in [4.78, 5) is 16.5. The van der Waals surface area contributed by atoms with Crippen LogP contribution >= 0.6 is 0 Å². The Morgan fingerprint density at radius 2 is 1.45 bits per heavy atom. The van der Waals surface area contributed by atoms with Crippen LogP contribution in [0.4, 0.5) is 17.1 Å². The maximum absolute atomic E-state index is 12.9. The van der Waals surface area contributed by atoms with E-state index in [1.807, 2.05) is 43.0 Å². The molecule has 3 aromatic rings. The van der Waals surface area contributed by atoms with Crippen molar-refractivity contribution in [2.45, 2.75) is 18.7 Å². The van der Waals surface area contributed by atoms with Crippen LogP contribution in [-0.2, 0) is 10.0 Å². The van der Waals surface area contributed by atoms with Gasteiger partial charge in [0.15, 0.2) is 0 Å². The van der Waals surface area contributed by atoms with Crippen LogP contribution in [0.15, 0.2) is 71.6 Å². The molecular formula is C25H27N3O4S. The Hall–Kier alpha value is -3.52. The van der Waals surface area contributed by atoms with Gasteiger partial charge in [0, 0.05) is 37.6 Å². The van der Waals surface area contributed by atoms with Crippen LogP contribution in [0.2, 0.25) is 0 Å². The highest BCUT2D eigenvalue weighted by molar-refractivity contribution is 7.92. The molecule has 2 N–H and O–H groups in total. The van der Waals surface area contributed by atoms with E-state index in [9.17, 15) is 18.3 Å². The van der Waals surface area contributed by atoms with Gasteiger partial charge < -0.3 is 14.9 Å². The van der Waals surface area contributed by atoms with Crippen molar-refractivity contribution in [1.29, 1.82) is 0 Å². The number of carboxylic acid groups (broad SMARTS) is 1. The largest absolute Gasteiger partial charge is 0.478 e. The molecule has 0 spiro atoms. The monoisotopic (exact) mass is 465 g/mol. The van der Waals surface area contributed by atoms with E-state index in [0.29, 0.717) is 18.8 Å². The number of carboxylic acids is 1. The number of rotatable bonds is 6. The molecule has 0 radical (unpaired) electrons. The molecule has 1 saturated heterocycles. The van der Waals surface area contributed by atoms with Gasteiger partial charge in [0.2, 0.25) is 0 Å². The van der Waals surface area contributed by atoms with E-state index in [4.69, 9.17) is 0 Å². The summed E-state index contributed by atoms with van der Waals surface area (Å²) < 4.78 is 28.3. The maximum Gasteiger partial charge on any atom is 0.337 e. The van der Waals surface area contributed by atoms with E-state index in [0.717, 1.165) is 29.9 Å². The normalized spacial score (nSPS) is 14.2. The number of sulfonamides is 1. The van der Waals surface area contributed by atoms with Crippen molar-refractivity contribution in [2.75, 3.05) is 40.7 Å². The average Bonchev–Trinajstić information content (AvgIpc) is 2.79. The molecule has 3 aromatic carbocycles. The van der Waals surface area contributed by atoms with Crippen LogP contribution in [0.25, 0.3) is 0 Å². The van der Waals surface area contributed by atoms with Crippen molar-refractivity contribution in [1.82, 2.24) is 0 Å². The third-order valence-electron chi connectivity index (χ3n) is 5.73. The third-order valence-corrected chi connectivity index (χ3v) is 7.09. The van der Waals surface area contributed by atoms with Crippen LogP contribution in [0, 0.1) is 13.8 Å². The number of hydrogen-bond acceptors (Lipinski definition) is 5. The predicted molar refractivity (Wildman–Crippen MR) is 131 cm³/mol. The lowest BCUT2D eigenvalue weighted by atomic mass is 10.1. The highest BCUT2D eigenvalue weighted by Gasteiger charge is 2.23. The smallest absolute Gasteiger partial charge is 0.337 e. The zero-order chi connectivity index (χ0) is 23.6. The fourth-order valence-electron chi connectivity index (χ4n) is 4.19. The van der Waals surface area contributed by atoms with E-state index in [1.54, 1.807) is 24.3 Å². The van der Waals surface area contributed by atoms with Crippen molar-refractivity contribution in [3.63, 3.8) is 0 Å². The molecule has 172 valence electrons. The minimum Gasteiger partial charge on any atom is -0.478 e. The second-order valence-electron chi connectivity index (χ2n) is 8.28. The molecule has 8 heteroatoms. The first-order valence-electron chi connectivity index (χ1n) is 10.8. The number of nitrogens with zero attached hydrogens (tertiary/aromatic N) is 2. The molecule has 1 heterocycles. The van der Waals surface area contributed by atoms with Crippen molar-refractivity contribution in [3.05, 3.63) is 83.4 Å². The van der Waals surface area contributed by atoms with Gasteiger partial charge in [0.25, 0.3) is 10.0 Å². The number of carbonyl (C=O) groups is 1. The lowest BCUT2D eigenvalue weighted by molar-refractivity contribution is 0.0697. The number of para-hydroxylation sites is 1. The van der Waals surface area contributed by atoms with Crippen molar-refractivity contribution in [2.24, 2.45) is 0 Å². The molecule has 0 unspecified atom stereocenters. The molecule has 4 rings (SSSR count). The Bertz CT molecular complexity index is 1250. The number of aryl methyl sites for hydroxylation is 2. The van der Waals surface area contributed by atoms with E-state index < -0.39 is 16.0 Å². The number of aromatic carboxylic acids is 1. The molecule has 1 aliphatic heterocycles. The molecule has 0 amide bonds. The molecule has 0 aromatic heterocycles. The Morgan fingerprint density at radius 1 is 0.848 bits per heavy atom. The maximum atomic E-state index is 12.9. The number of nitrogens with one attached hydrogen (secondary N) is 1. The number of benzene rings is 3. The van der Waals surface area contributed by atoms with E-state index >= 15 is 0 Å². The van der Waals surface area contributed by atoms with Crippen LogP contribution in [0.1, 0.15) is 21.5 Å². The van der Waals surface area contributed by atoms with Gasteiger partial charge in [-0.1, -0.05) is 24.3 Å². The molecule has 0 bridgehead atoms.